The molecule has 2 atom stereocenters. The van der Waals surface area contributed by atoms with Crippen LogP contribution in [0, 0.1) is 5.92 Å². The summed E-state index contributed by atoms with van der Waals surface area (Å²) in [5, 5.41) is 0. The van der Waals surface area contributed by atoms with Crippen LogP contribution in [0.5, 0.6) is 0 Å². The van der Waals surface area contributed by atoms with E-state index in [4.69, 9.17) is 10.5 Å². The van der Waals surface area contributed by atoms with Crippen molar-refractivity contribution in [2.24, 2.45) is 11.7 Å². The number of esters is 1. The highest BCUT2D eigenvalue weighted by molar-refractivity contribution is 5.75. The van der Waals surface area contributed by atoms with E-state index in [9.17, 15) is 4.79 Å². The van der Waals surface area contributed by atoms with E-state index in [0.717, 1.165) is 19.5 Å². The summed E-state index contributed by atoms with van der Waals surface area (Å²) in [5.41, 5.74) is 5.23. The molecule has 0 bridgehead atoms. The number of ether oxygens (including phenoxy) is 1. The second-order valence-corrected chi connectivity index (χ2v) is 5.59. The van der Waals surface area contributed by atoms with Gasteiger partial charge in [-0.25, -0.2) is 0 Å². The van der Waals surface area contributed by atoms with Crippen LogP contribution >= 0.6 is 0 Å². The molecule has 1 heterocycles. The largest absolute Gasteiger partial charge is 0.459 e. The highest BCUT2D eigenvalue weighted by Crippen LogP contribution is 2.19. The predicted octanol–water partition coefficient (Wildman–Crippen LogP) is 0.997. The van der Waals surface area contributed by atoms with Crippen LogP contribution in [0.4, 0.5) is 0 Å². The maximum Gasteiger partial charge on any atom is 0.323 e. The van der Waals surface area contributed by atoms with Crippen LogP contribution < -0.4 is 5.73 Å². The van der Waals surface area contributed by atoms with Crippen molar-refractivity contribution in [1.29, 1.82) is 0 Å². The Kier molecular flexibility index (Phi) is 4.33. The number of nitrogens with two attached hydrogens (primary N) is 1. The summed E-state index contributed by atoms with van der Waals surface area (Å²) in [6.45, 7) is 10.2. The van der Waals surface area contributed by atoms with Crippen LogP contribution in [0.15, 0.2) is 0 Å². The lowest BCUT2D eigenvalue weighted by Crippen LogP contribution is -2.41. The van der Waals surface area contributed by atoms with Gasteiger partial charge in [0.2, 0.25) is 0 Å². The molecule has 0 amide bonds. The Morgan fingerprint density at radius 3 is 2.62 bits per heavy atom. The zero-order valence-corrected chi connectivity index (χ0v) is 10.8. The molecule has 0 saturated carbocycles. The van der Waals surface area contributed by atoms with Gasteiger partial charge in [-0.3, -0.25) is 9.69 Å². The highest BCUT2D eigenvalue weighted by atomic mass is 16.6. The standard InChI is InChI=1S/C12H24N2O2/c1-9(11(15)16-12(2,3)4)14-6-5-10(7-13)8-14/h9-10H,5-8,13H2,1-4H3. The number of hydrogen-bond acceptors (Lipinski definition) is 4. The molecule has 2 N–H and O–H groups in total. The van der Waals surface area contributed by atoms with E-state index in [1.807, 2.05) is 27.7 Å². The van der Waals surface area contributed by atoms with Gasteiger partial charge in [-0.05, 0) is 53.1 Å². The topological polar surface area (TPSA) is 55.6 Å². The van der Waals surface area contributed by atoms with Gasteiger partial charge < -0.3 is 10.5 Å². The maximum atomic E-state index is 11.8. The minimum absolute atomic E-state index is 0.134. The smallest absolute Gasteiger partial charge is 0.323 e. The van der Waals surface area contributed by atoms with Gasteiger partial charge in [0.15, 0.2) is 0 Å². The Labute approximate surface area is 98.1 Å². The van der Waals surface area contributed by atoms with E-state index in [2.05, 4.69) is 4.90 Å². The van der Waals surface area contributed by atoms with E-state index in [1.54, 1.807) is 0 Å². The molecule has 1 aliphatic heterocycles. The Hall–Kier alpha value is -0.610. The Balaban J connectivity index is 2.46. The molecule has 0 aromatic carbocycles. The van der Waals surface area contributed by atoms with Crippen LogP contribution in [0.25, 0.3) is 0 Å². The van der Waals surface area contributed by atoms with Gasteiger partial charge in [0, 0.05) is 6.54 Å². The molecule has 1 fully saturated rings. The molecule has 4 nitrogen and oxygen atoms in total. The quantitative estimate of drug-likeness (QED) is 0.732. The zero-order valence-electron chi connectivity index (χ0n) is 10.8. The molecule has 2 unspecified atom stereocenters. The first-order valence-electron chi connectivity index (χ1n) is 6.00. The van der Waals surface area contributed by atoms with Gasteiger partial charge in [-0.1, -0.05) is 0 Å². The molecule has 0 radical (unpaired) electrons. The van der Waals surface area contributed by atoms with E-state index >= 15 is 0 Å². The molecule has 1 rings (SSSR count). The Bertz CT molecular complexity index is 248. The second-order valence-electron chi connectivity index (χ2n) is 5.59. The fourth-order valence-electron chi connectivity index (χ4n) is 1.94. The number of carbonyl (C=O) groups is 1. The average molecular weight is 228 g/mol. The summed E-state index contributed by atoms with van der Waals surface area (Å²) in [6.07, 6.45) is 1.09. The van der Waals surface area contributed by atoms with E-state index < -0.39 is 5.60 Å². The Morgan fingerprint density at radius 2 is 2.19 bits per heavy atom. The predicted molar refractivity (Wildman–Crippen MR) is 64.0 cm³/mol. The molecule has 94 valence electrons. The van der Waals surface area contributed by atoms with Gasteiger partial charge >= 0.3 is 5.97 Å². The number of hydrogen-bond donors (Lipinski definition) is 1. The summed E-state index contributed by atoms with van der Waals surface area (Å²) < 4.78 is 5.37. The maximum absolute atomic E-state index is 11.8. The molecule has 16 heavy (non-hydrogen) atoms. The molecule has 0 aliphatic carbocycles. The average Bonchev–Trinajstić information content (AvgIpc) is 2.61. The number of nitrogens with zero attached hydrogens (tertiary/aromatic N) is 1. The third kappa shape index (κ3) is 3.76. The molecule has 1 aliphatic rings. The zero-order chi connectivity index (χ0) is 12.3. The van der Waals surface area contributed by atoms with Crippen molar-refractivity contribution >= 4 is 5.97 Å². The van der Waals surface area contributed by atoms with Crippen molar-refractivity contribution in [3.05, 3.63) is 0 Å². The summed E-state index contributed by atoms with van der Waals surface area (Å²) in [6, 6.07) is -0.157. The van der Waals surface area contributed by atoms with Crippen molar-refractivity contribution < 1.29 is 9.53 Å². The monoisotopic (exact) mass is 228 g/mol. The summed E-state index contributed by atoms with van der Waals surface area (Å²) >= 11 is 0. The number of rotatable bonds is 3. The van der Waals surface area contributed by atoms with Crippen molar-refractivity contribution in [2.75, 3.05) is 19.6 Å². The van der Waals surface area contributed by atoms with E-state index in [1.165, 1.54) is 0 Å². The van der Waals surface area contributed by atoms with Gasteiger partial charge in [-0.15, -0.1) is 0 Å². The first-order valence-corrected chi connectivity index (χ1v) is 6.00. The molecule has 0 aromatic heterocycles. The van der Waals surface area contributed by atoms with Crippen LogP contribution in [0.2, 0.25) is 0 Å². The first-order chi connectivity index (χ1) is 7.33. The van der Waals surface area contributed by atoms with Gasteiger partial charge in [-0.2, -0.15) is 0 Å². The van der Waals surface area contributed by atoms with Gasteiger partial charge in [0.25, 0.3) is 0 Å². The Morgan fingerprint density at radius 1 is 1.56 bits per heavy atom. The summed E-state index contributed by atoms with van der Waals surface area (Å²) in [5.74, 6) is 0.398. The van der Waals surface area contributed by atoms with Crippen molar-refractivity contribution in [3.63, 3.8) is 0 Å². The minimum atomic E-state index is -0.404. The highest BCUT2D eigenvalue weighted by Gasteiger charge is 2.31. The minimum Gasteiger partial charge on any atom is -0.459 e. The normalized spacial score (nSPS) is 24.4. The van der Waals surface area contributed by atoms with E-state index in [-0.39, 0.29) is 12.0 Å². The van der Waals surface area contributed by atoms with Gasteiger partial charge in [0.05, 0.1) is 0 Å². The summed E-state index contributed by atoms with van der Waals surface area (Å²) in [4.78, 5) is 14.0. The van der Waals surface area contributed by atoms with Gasteiger partial charge in [0.1, 0.15) is 11.6 Å². The fourth-order valence-corrected chi connectivity index (χ4v) is 1.94. The van der Waals surface area contributed by atoms with Crippen LogP contribution in [-0.2, 0) is 9.53 Å². The van der Waals surface area contributed by atoms with Crippen LogP contribution in [0.3, 0.4) is 0 Å². The lowest BCUT2D eigenvalue weighted by molar-refractivity contribution is -0.160. The SMILES string of the molecule is CC(C(=O)OC(C)(C)C)N1CCC(CN)C1. The lowest BCUT2D eigenvalue weighted by atomic mass is 10.1. The lowest BCUT2D eigenvalue weighted by Gasteiger charge is -2.27. The summed E-state index contributed by atoms with van der Waals surface area (Å²) in [7, 11) is 0. The molecule has 1 saturated heterocycles. The molecule has 0 aromatic rings. The molecular formula is C12H24N2O2. The number of carbonyl (C=O) groups excluding carboxylic acids is 1. The molecule has 4 heteroatoms. The second kappa shape index (κ2) is 5.15. The number of likely N-dealkylation sites (tertiary alicyclic amines) is 1. The third-order valence-corrected chi connectivity index (χ3v) is 2.95. The fraction of sp³-hybridized carbons (Fsp3) is 0.917. The van der Waals surface area contributed by atoms with E-state index in [0.29, 0.717) is 12.5 Å². The van der Waals surface area contributed by atoms with Crippen molar-refractivity contribution in [3.8, 4) is 0 Å². The van der Waals surface area contributed by atoms with Crippen LogP contribution in [-0.4, -0.2) is 42.1 Å². The van der Waals surface area contributed by atoms with Crippen molar-refractivity contribution in [2.45, 2.75) is 45.8 Å². The molecular weight excluding hydrogens is 204 g/mol. The van der Waals surface area contributed by atoms with Crippen molar-refractivity contribution in [1.82, 2.24) is 4.90 Å². The third-order valence-electron chi connectivity index (χ3n) is 2.95. The first kappa shape index (κ1) is 13.5. The van der Waals surface area contributed by atoms with Crippen LogP contribution in [0.1, 0.15) is 34.1 Å². The molecule has 0 spiro atoms.